The SMILES string of the molecule is CCCc1ccnc(-n2c3ccccc3c3ccc(Oc4cc(C)cc(-n5nc(CC)c(-c6c(CC)cccc6CC)c5CC)c4)cc32)c1. The van der Waals surface area contributed by atoms with Gasteiger partial charge in [-0.25, -0.2) is 9.67 Å². The largest absolute Gasteiger partial charge is 0.457 e. The van der Waals surface area contributed by atoms with Crippen molar-refractivity contribution in [3.63, 3.8) is 0 Å². The van der Waals surface area contributed by atoms with Crippen LogP contribution < -0.4 is 4.74 Å². The molecule has 3 heterocycles. The van der Waals surface area contributed by atoms with Gasteiger partial charge in [-0.2, -0.15) is 5.10 Å². The lowest BCUT2D eigenvalue weighted by atomic mass is 9.89. The molecule has 7 aromatic rings. The zero-order valence-corrected chi connectivity index (χ0v) is 29.7. The minimum atomic E-state index is 0.786. The Kier molecular flexibility index (Phi) is 9.09. The van der Waals surface area contributed by atoms with Gasteiger partial charge in [0.25, 0.3) is 0 Å². The standard InChI is InChI=1S/C44H46N4O/c1-7-15-30-22-23-45-42(26-30)47-40-19-13-12-18-36(40)37-21-20-34(28-41(37)47)49-35-25-29(6)24-33(27-35)48-39(11-5)44(38(10-4)46-48)43-31(8-2)16-14-17-32(43)9-3/h12-14,16-28H,7-11,15H2,1-6H3. The van der Waals surface area contributed by atoms with Gasteiger partial charge in [0.1, 0.15) is 17.3 Å². The minimum Gasteiger partial charge on any atom is -0.457 e. The smallest absolute Gasteiger partial charge is 0.137 e. The van der Waals surface area contributed by atoms with Crippen molar-refractivity contribution in [2.24, 2.45) is 0 Å². The third-order valence-corrected chi connectivity index (χ3v) is 9.71. The van der Waals surface area contributed by atoms with Crippen LogP contribution in [-0.4, -0.2) is 19.3 Å². The maximum atomic E-state index is 6.70. The normalized spacial score (nSPS) is 11.6. The molecule has 0 bridgehead atoms. The molecule has 0 unspecified atom stereocenters. The van der Waals surface area contributed by atoms with E-state index in [1.807, 2.05) is 6.20 Å². The van der Waals surface area contributed by atoms with E-state index < -0.39 is 0 Å². The van der Waals surface area contributed by atoms with Gasteiger partial charge in [-0.1, -0.05) is 77.4 Å². The highest BCUT2D eigenvalue weighted by atomic mass is 16.5. The van der Waals surface area contributed by atoms with Gasteiger partial charge >= 0.3 is 0 Å². The summed E-state index contributed by atoms with van der Waals surface area (Å²) < 4.78 is 11.1. The quantitative estimate of drug-likeness (QED) is 0.140. The molecule has 7 rings (SSSR count). The summed E-state index contributed by atoms with van der Waals surface area (Å²) in [7, 11) is 0. The first kappa shape index (κ1) is 32.4. The zero-order chi connectivity index (χ0) is 34.1. The van der Waals surface area contributed by atoms with Crippen molar-refractivity contribution in [3.8, 4) is 34.1 Å². The molecule has 0 saturated heterocycles. The molecule has 0 saturated carbocycles. The van der Waals surface area contributed by atoms with E-state index >= 15 is 0 Å². The van der Waals surface area contributed by atoms with Crippen molar-refractivity contribution in [2.75, 3.05) is 0 Å². The monoisotopic (exact) mass is 646 g/mol. The molecule has 0 amide bonds. The Balaban J connectivity index is 1.33. The number of aromatic nitrogens is 4. The van der Waals surface area contributed by atoms with Crippen molar-refractivity contribution in [2.45, 2.75) is 80.1 Å². The minimum absolute atomic E-state index is 0.786. The topological polar surface area (TPSA) is 44.9 Å². The lowest BCUT2D eigenvalue weighted by Crippen LogP contribution is -2.04. The van der Waals surface area contributed by atoms with Gasteiger partial charge in [0.2, 0.25) is 0 Å². The number of nitrogens with zero attached hydrogens (tertiary/aromatic N) is 4. The summed E-state index contributed by atoms with van der Waals surface area (Å²) in [6, 6.07) is 32.5. The van der Waals surface area contributed by atoms with Crippen LogP contribution in [0.5, 0.6) is 11.5 Å². The fourth-order valence-corrected chi connectivity index (χ4v) is 7.48. The van der Waals surface area contributed by atoms with E-state index in [2.05, 4.69) is 142 Å². The van der Waals surface area contributed by atoms with Gasteiger partial charge in [-0.3, -0.25) is 4.57 Å². The van der Waals surface area contributed by atoms with E-state index in [4.69, 9.17) is 14.8 Å². The maximum Gasteiger partial charge on any atom is 0.137 e. The molecule has 4 aromatic carbocycles. The van der Waals surface area contributed by atoms with E-state index in [1.54, 1.807) is 0 Å². The highest BCUT2D eigenvalue weighted by Crippen LogP contribution is 2.38. The molecular weight excluding hydrogens is 601 g/mol. The van der Waals surface area contributed by atoms with Crippen LogP contribution in [0.2, 0.25) is 0 Å². The van der Waals surface area contributed by atoms with Crippen molar-refractivity contribution >= 4 is 21.8 Å². The predicted molar refractivity (Wildman–Crippen MR) is 204 cm³/mol. The van der Waals surface area contributed by atoms with Crippen molar-refractivity contribution in [3.05, 3.63) is 131 Å². The Morgan fingerprint density at radius 2 is 1.43 bits per heavy atom. The Morgan fingerprint density at radius 1 is 0.653 bits per heavy atom. The molecule has 0 spiro atoms. The van der Waals surface area contributed by atoms with Gasteiger partial charge in [0.15, 0.2) is 0 Å². The van der Waals surface area contributed by atoms with E-state index in [0.29, 0.717) is 0 Å². The number of aryl methyl sites for hydroxylation is 5. The second-order valence-electron chi connectivity index (χ2n) is 13.0. The molecule has 0 fully saturated rings. The van der Waals surface area contributed by atoms with Crippen LogP contribution in [0, 0.1) is 6.92 Å². The lowest BCUT2D eigenvalue weighted by molar-refractivity contribution is 0.482. The Bertz CT molecular complexity index is 2270. The molecule has 0 aliphatic carbocycles. The van der Waals surface area contributed by atoms with Crippen molar-refractivity contribution in [1.29, 1.82) is 0 Å². The molecule has 3 aromatic heterocycles. The highest BCUT2D eigenvalue weighted by Gasteiger charge is 2.23. The second-order valence-corrected chi connectivity index (χ2v) is 13.0. The van der Waals surface area contributed by atoms with Crippen LogP contribution in [0.15, 0.2) is 97.2 Å². The van der Waals surface area contributed by atoms with E-state index in [9.17, 15) is 0 Å². The van der Waals surface area contributed by atoms with Crippen LogP contribution in [0.25, 0.3) is 44.4 Å². The number of hydrogen-bond acceptors (Lipinski definition) is 3. The first-order chi connectivity index (χ1) is 24.0. The molecule has 0 radical (unpaired) electrons. The molecule has 0 N–H and O–H groups in total. The summed E-state index contributed by atoms with van der Waals surface area (Å²) in [5.74, 6) is 2.50. The second kappa shape index (κ2) is 13.8. The van der Waals surface area contributed by atoms with Crippen LogP contribution in [0.1, 0.15) is 74.7 Å². The fraction of sp³-hybridized carbons (Fsp3) is 0.273. The van der Waals surface area contributed by atoms with Crippen LogP contribution in [-0.2, 0) is 32.1 Å². The van der Waals surface area contributed by atoms with Crippen molar-refractivity contribution in [1.82, 2.24) is 19.3 Å². The zero-order valence-electron chi connectivity index (χ0n) is 29.7. The van der Waals surface area contributed by atoms with Gasteiger partial charge in [0.05, 0.1) is 28.1 Å². The summed E-state index contributed by atoms with van der Waals surface area (Å²) in [5.41, 5.74) is 13.5. The first-order valence-corrected chi connectivity index (χ1v) is 18.0. The van der Waals surface area contributed by atoms with E-state index in [1.165, 1.54) is 44.3 Å². The number of benzene rings is 4. The average Bonchev–Trinajstić information content (AvgIpc) is 3.66. The van der Waals surface area contributed by atoms with Crippen molar-refractivity contribution < 1.29 is 4.74 Å². The van der Waals surface area contributed by atoms with Gasteiger partial charge < -0.3 is 4.74 Å². The number of para-hydroxylation sites is 1. The first-order valence-electron chi connectivity index (χ1n) is 18.0. The average molecular weight is 647 g/mol. The highest BCUT2D eigenvalue weighted by molar-refractivity contribution is 6.09. The number of pyridine rings is 1. The molecule has 5 nitrogen and oxygen atoms in total. The summed E-state index contributed by atoms with van der Waals surface area (Å²) in [5, 5.41) is 7.65. The Morgan fingerprint density at radius 3 is 2.16 bits per heavy atom. The Labute approximate surface area is 290 Å². The fourth-order valence-electron chi connectivity index (χ4n) is 7.48. The summed E-state index contributed by atoms with van der Waals surface area (Å²) >= 11 is 0. The van der Waals surface area contributed by atoms with Gasteiger partial charge in [0, 0.05) is 34.7 Å². The number of ether oxygens (including phenoxy) is 1. The predicted octanol–water partition coefficient (Wildman–Crippen LogP) is 11.3. The maximum absolute atomic E-state index is 6.70. The molecule has 49 heavy (non-hydrogen) atoms. The number of hydrogen-bond donors (Lipinski definition) is 0. The van der Waals surface area contributed by atoms with E-state index in [0.717, 1.165) is 83.8 Å². The summed E-state index contributed by atoms with van der Waals surface area (Å²) in [6.45, 7) is 13.3. The van der Waals surface area contributed by atoms with Crippen LogP contribution in [0.3, 0.4) is 0 Å². The lowest BCUT2D eigenvalue weighted by Gasteiger charge is -2.16. The molecule has 0 aliphatic rings. The van der Waals surface area contributed by atoms with Gasteiger partial charge in [-0.05, 0) is 109 Å². The number of rotatable bonds is 11. The van der Waals surface area contributed by atoms with E-state index in [-0.39, 0.29) is 0 Å². The van der Waals surface area contributed by atoms with Crippen LogP contribution in [0.4, 0.5) is 0 Å². The molecular formula is C44H46N4O. The molecule has 0 aliphatic heterocycles. The Hall–Kier alpha value is -5.16. The molecule has 248 valence electrons. The summed E-state index contributed by atoms with van der Waals surface area (Å²) in [4.78, 5) is 4.82. The van der Waals surface area contributed by atoms with Gasteiger partial charge in [-0.15, -0.1) is 0 Å². The third-order valence-electron chi connectivity index (χ3n) is 9.71. The summed E-state index contributed by atoms with van der Waals surface area (Å²) in [6.07, 6.45) is 7.78. The number of fused-ring (bicyclic) bond motifs is 3. The molecule has 0 atom stereocenters. The third kappa shape index (κ3) is 5.92. The molecule has 5 heteroatoms. The van der Waals surface area contributed by atoms with Crippen LogP contribution >= 0.6 is 0 Å².